The van der Waals surface area contributed by atoms with Crippen LogP contribution < -0.4 is 10.6 Å². The number of aromatic nitrogens is 2. The van der Waals surface area contributed by atoms with Gasteiger partial charge in [0.1, 0.15) is 5.82 Å². The van der Waals surface area contributed by atoms with Crippen molar-refractivity contribution in [2.75, 3.05) is 17.2 Å². The molecule has 3 aromatic rings. The number of unbranched alkanes of at least 4 members (excludes halogenated alkanes) is 1. The molecule has 37 heavy (non-hydrogen) atoms. The fraction of sp³-hybridized carbons (Fsp3) is 0.333. The normalized spacial score (nSPS) is 10.8. The average molecular weight is 513 g/mol. The van der Waals surface area contributed by atoms with Crippen LogP contribution in [0.2, 0.25) is 0 Å². The molecule has 0 radical (unpaired) electrons. The number of halogens is 2. The second kappa shape index (κ2) is 12.8. The minimum Gasteiger partial charge on any atom is -0.434 e. The van der Waals surface area contributed by atoms with Crippen molar-refractivity contribution in [3.63, 3.8) is 0 Å². The van der Waals surface area contributed by atoms with Crippen LogP contribution in [-0.2, 0) is 15.9 Å². The number of carbonyl (C=O) groups is 2. The Hall–Kier alpha value is -4.08. The van der Waals surface area contributed by atoms with E-state index in [1.165, 1.54) is 18.3 Å². The molecule has 0 saturated heterocycles. The fourth-order valence-corrected chi connectivity index (χ4v) is 3.45. The van der Waals surface area contributed by atoms with Crippen LogP contribution in [0.15, 0.2) is 42.9 Å². The Balaban J connectivity index is 1.72. The molecule has 1 amide bonds. The zero-order chi connectivity index (χ0) is 26.9. The Kier molecular flexibility index (Phi) is 9.48. The van der Waals surface area contributed by atoms with E-state index in [0.717, 1.165) is 17.5 Å². The minimum atomic E-state index is -1.21. The van der Waals surface area contributed by atoms with Crippen molar-refractivity contribution in [2.24, 2.45) is 0 Å². The summed E-state index contributed by atoms with van der Waals surface area (Å²) in [4.78, 5) is 31.5. The van der Waals surface area contributed by atoms with Crippen molar-refractivity contribution in [1.29, 1.82) is 0 Å². The number of hydrogen-bond acceptors (Lipinski definition) is 7. The van der Waals surface area contributed by atoms with Crippen LogP contribution in [0.25, 0.3) is 0 Å². The van der Waals surface area contributed by atoms with Gasteiger partial charge in [0.15, 0.2) is 11.6 Å². The summed E-state index contributed by atoms with van der Waals surface area (Å²) in [5.41, 5.74) is 3.43. The lowest BCUT2D eigenvalue weighted by atomic mass is 10.0. The van der Waals surface area contributed by atoms with Gasteiger partial charge in [-0.25, -0.2) is 23.4 Å². The summed E-state index contributed by atoms with van der Waals surface area (Å²) < 4.78 is 38.9. The van der Waals surface area contributed by atoms with Gasteiger partial charge in [-0.1, -0.05) is 33.3 Å². The molecule has 2 N–H and O–H groups in total. The van der Waals surface area contributed by atoms with Gasteiger partial charge >= 0.3 is 12.2 Å². The van der Waals surface area contributed by atoms with E-state index in [-0.39, 0.29) is 30.3 Å². The van der Waals surface area contributed by atoms with Crippen LogP contribution in [0.1, 0.15) is 61.8 Å². The van der Waals surface area contributed by atoms with Crippen molar-refractivity contribution in [1.82, 2.24) is 9.97 Å². The zero-order valence-corrected chi connectivity index (χ0v) is 21.2. The first-order valence-electron chi connectivity index (χ1n) is 12.0. The Morgan fingerprint density at radius 1 is 1.08 bits per heavy atom. The highest BCUT2D eigenvalue weighted by molar-refractivity contribution is 5.90. The summed E-state index contributed by atoms with van der Waals surface area (Å²) in [6, 6.07) is 6.50. The lowest BCUT2D eigenvalue weighted by Gasteiger charge is -2.15. The summed E-state index contributed by atoms with van der Waals surface area (Å²) in [5.74, 6) is -1.36. The third-order valence-corrected chi connectivity index (χ3v) is 5.71. The SMILES string of the molecule is CCCCOC(=O)OC(=O)Nc1nccc(Cc2cncc(Nc3ccc(C(C)C)cc3F)c2C)c1F. The highest BCUT2D eigenvalue weighted by atomic mass is 19.1. The highest BCUT2D eigenvalue weighted by Crippen LogP contribution is 2.28. The number of anilines is 3. The first kappa shape index (κ1) is 27.5. The monoisotopic (exact) mass is 512 g/mol. The number of benzene rings is 1. The lowest BCUT2D eigenvalue weighted by molar-refractivity contribution is 0.0786. The van der Waals surface area contributed by atoms with Crippen LogP contribution in [0.4, 0.5) is 35.6 Å². The van der Waals surface area contributed by atoms with Gasteiger partial charge in [0.25, 0.3) is 0 Å². The molecule has 0 aliphatic carbocycles. The van der Waals surface area contributed by atoms with Crippen LogP contribution >= 0.6 is 0 Å². The van der Waals surface area contributed by atoms with Gasteiger partial charge in [0, 0.05) is 18.8 Å². The molecular weight excluding hydrogens is 482 g/mol. The molecule has 0 atom stereocenters. The van der Waals surface area contributed by atoms with E-state index in [2.05, 4.69) is 25.3 Å². The second-order valence-corrected chi connectivity index (χ2v) is 8.77. The number of ether oxygens (including phenoxy) is 2. The smallest absolute Gasteiger partial charge is 0.434 e. The van der Waals surface area contributed by atoms with Gasteiger partial charge in [0.05, 0.1) is 24.2 Å². The molecule has 0 aliphatic rings. The topological polar surface area (TPSA) is 102 Å². The quantitative estimate of drug-likeness (QED) is 0.181. The number of amides is 1. The molecule has 8 nitrogen and oxygen atoms in total. The van der Waals surface area contributed by atoms with E-state index in [1.54, 1.807) is 18.5 Å². The zero-order valence-electron chi connectivity index (χ0n) is 21.2. The van der Waals surface area contributed by atoms with Gasteiger partial charge in [-0.2, -0.15) is 0 Å². The Morgan fingerprint density at radius 3 is 2.57 bits per heavy atom. The summed E-state index contributed by atoms with van der Waals surface area (Å²) in [6.07, 6.45) is 3.65. The molecule has 10 heteroatoms. The molecule has 0 fully saturated rings. The van der Waals surface area contributed by atoms with E-state index in [9.17, 15) is 14.0 Å². The van der Waals surface area contributed by atoms with Gasteiger partial charge < -0.3 is 14.8 Å². The second-order valence-electron chi connectivity index (χ2n) is 8.77. The number of carbonyl (C=O) groups excluding carboxylic acids is 2. The molecule has 2 aromatic heterocycles. The van der Waals surface area contributed by atoms with Gasteiger partial charge in [-0.15, -0.1) is 0 Å². The van der Waals surface area contributed by atoms with Crippen LogP contribution in [0.5, 0.6) is 0 Å². The summed E-state index contributed by atoms with van der Waals surface area (Å²) in [6.45, 7) is 7.83. The fourth-order valence-electron chi connectivity index (χ4n) is 3.45. The van der Waals surface area contributed by atoms with Gasteiger partial charge in [0.2, 0.25) is 0 Å². The molecular formula is C27H30F2N4O4. The number of nitrogens with one attached hydrogen (secondary N) is 2. The standard InChI is InChI=1S/C27H30F2N4O4/c1-5-6-11-36-27(35)37-26(34)33-25-24(29)19(9-10-31-25)12-20-14-30-15-23(17(20)4)32-22-8-7-18(16(2)3)13-21(22)28/h7-10,13-16,32H,5-6,11-12H2,1-4H3,(H,31,33,34). The third kappa shape index (κ3) is 7.45. The Bertz CT molecular complexity index is 1270. The maximum atomic E-state index is 15.1. The first-order valence-corrected chi connectivity index (χ1v) is 12.0. The minimum absolute atomic E-state index is 0.113. The van der Waals surface area contributed by atoms with Crippen molar-refractivity contribution >= 4 is 29.4 Å². The molecule has 2 heterocycles. The maximum Gasteiger partial charge on any atom is 0.517 e. The average Bonchev–Trinajstić information content (AvgIpc) is 2.85. The number of nitrogens with zero attached hydrogens (tertiary/aromatic N) is 2. The number of pyridine rings is 2. The van der Waals surface area contributed by atoms with Crippen molar-refractivity contribution in [3.05, 3.63) is 76.7 Å². The Morgan fingerprint density at radius 2 is 1.86 bits per heavy atom. The van der Waals surface area contributed by atoms with E-state index in [0.29, 0.717) is 23.4 Å². The molecule has 196 valence electrons. The summed E-state index contributed by atoms with van der Waals surface area (Å²) in [5, 5.41) is 5.18. The van der Waals surface area contributed by atoms with Crippen molar-refractivity contribution in [2.45, 2.75) is 52.9 Å². The van der Waals surface area contributed by atoms with E-state index >= 15 is 4.39 Å². The van der Waals surface area contributed by atoms with Crippen molar-refractivity contribution in [3.8, 4) is 0 Å². The number of hydrogen-bond donors (Lipinski definition) is 2. The highest BCUT2D eigenvalue weighted by Gasteiger charge is 2.18. The van der Waals surface area contributed by atoms with Gasteiger partial charge in [-0.05, 0) is 59.7 Å². The van der Waals surface area contributed by atoms with E-state index in [1.807, 2.05) is 33.8 Å². The molecule has 0 bridgehead atoms. The molecule has 0 saturated carbocycles. The summed E-state index contributed by atoms with van der Waals surface area (Å²) >= 11 is 0. The van der Waals surface area contributed by atoms with Crippen LogP contribution in [0.3, 0.4) is 0 Å². The van der Waals surface area contributed by atoms with E-state index in [4.69, 9.17) is 4.74 Å². The predicted octanol–water partition coefficient (Wildman–Crippen LogP) is 7.01. The molecule has 1 aromatic carbocycles. The first-order chi connectivity index (χ1) is 17.7. The molecule has 0 spiro atoms. The van der Waals surface area contributed by atoms with Crippen LogP contribution in [-0.4, -0.2) is 28.8 Å². The van der Waals surface area contributed by atoms with Crippen LogP contribution in [0, 0.1) is 18.6 Å². The summed E-state index contributed by atoms with van der Waals surface area (Å²) in [7, 11) is 0. The van der Waals surface area contributed by atoms with E-state index < -0.39 is 23.9 Å². The third-order valence-electron chi connectivity index (χ3n) is 5.71. The molecule has 0 unspecified atom stereocenters. The Labute approximate surface area is 214 Å². The number of rotatable bonds is 9. The van der Waals surface area contributed by atoms with Crippen molar-refractivity contribution < 1.29 is 27.8 Å². The maximum absolute atomic E-state index is 15.1. The molecule has 0 aliphatic heterocycles. The predicted molar refractivity (Wildman–Crippen MR) is 136 cm³/mol. The van der Waals surface area contributed by atoms with Gasteiger partial charge in [-0.3, -0.25) is 10.3 Å². The lowest BCUT2D eigenvalue weighted by Crippen LogP contribution is -2.21. The molecule has 3 rings (SSSR count). The largest absolute Gasteiger partial charge is 0.517 e.